The minimum absolute atomic E-state index is 0.275. The summed E-state index contributed by atoms with van der Waals surface area (Å²) in [6.45, 7) is 5.85. The summed E-state index contributed by atoms with van der Waals surface area (Å²) < 4.78 is 31.8. The van der Waals surface area contributed by atoms with Gasteiger partial charge in [0.1, 0.15) is 0 Å². The zero-order valence-electron chi connectivity index (χ0n) is 13.0. The van der Waals surface area contributed by atoms with Crippen LogP contribution in [0.25, 0.3) is 0 Å². The molecular formula is C15H23NO4S. The fourth-order valence-electron chi connectivity index (χ4n) is 2.37. The number of carbonyl (C=O) groups is 1. The minimum atomic E-state index is -3.51. The molecule has 0 aliphatic carbocycles. The van der Waals surface area contributed by atoms with E-state index >= 15 is 0 Å². The van der Waals surface area contributed by atoms with Crippen LogP contribution in [0, 0.1) is 20.8 Å². The van der Waals surface area contributed by atoms with Gasteiger partial charge in [-0.3, -0.25) is 4.79 Å². The molecule has 1 N–H and O–H groups in total. The Morgan fingerprint density at radius 1 is 1.14 bits per heavy atom. The van der Waals surface area contributed by atoms with Crippen LogP contribution in [0.5, 0.6) is 0 Å². The van der Waals surface area contributed by atoms with Crippen LogP contribution in [-0.4, -0.2) is 28.0 Å². The van der Waals surface area contributed by atoms with Gasteiger partial charge in [0.2, 0.25) is 10.0 Å². The van der Waals surface area contributed by atoms with Crippen LogP contribution < -0.4 is 4.72 Å². The second kappa shape index (κ2) is 7.56. The lowest BCUT2D eigenvalue weighted by Gasteiger charge is -2.13. The first-order valence-electron chi connectivity index (χ1n) is 6.92. The molecule has 0 spiro atoms. The maximum absolute atomic E-state index is 12.3. The number of aryl methyl sites for hydroxylation is 3. The quantitative estimate of drug-likeness (QED) is 0.619. The Kier molecular flexibility index (Phi) is 6.36. The van der Waals surface area contributed by atoms with Crippen molar-refractivity contribution in [3.8, 4) is 0 Å². The lowest BCUT2D eigenvalue weighted by Crippen LogP contribution is -2.26. The van der Waals surface area contributed by atoms with E-state index in [1.807, 2.05) is 19.1 Å². The predicted molar refractivity (Wildman–Crippen MR) is 81.7 cm³/mol. The van der Waals surface area contributed by atoms with Gasteiger partial charge >= 0.3 is 5.97 Å². The Balaban J connectivity index is 2.65. The predicted octanol–water partition coefficient (Wildman–Crippen LogP) is 2.23. The Morgan fingerprint density at radius 2 is 1.71 bits per heavy atom. The normalized spacial score (nSPS) is 11.4. The molecule has 5 nitrogen and oxygen atoms in total. The highest BCUT2D eigenvalue weighted by atomic mass is 32.2. The van der Waals surface area contributed by atoms with Crippen molar-refractivity contribution in [1.29, 1.82) is 0 Å². The molecule has 0 radical (unpaired) electrons. The standard InChI is InChI=1S/C15H23NO4S/c1-11-9-12(2)15(13(3)10-11)21(18,19)16-8-6-5-7-14(17)20-4/h9-10,16H,5-8H2,1-4H3. The summed E-state index contributed by atoms with van der Waals surface area (Å²) in [5.74, 6) is -0.275. The van der Waals surface area contributed by atoms with Gasteiger partial charge in [-0.2, -0.15) is 0 Å². The largest absolute Gasteiger partial charge is 0.469 e. The summed E-state index contributed by atoms with van der Waals surface area (Å²) in [7, 11) is -2.17. The molecule has 0 aromatic heterocycles. The van der Waals surface area contributed by atoms with Gasteiger partial charge in [-0.25, -0.2) is 13.1 Å². The molecule has 0 heterocycles. The van der Waals surface area contributed by atoms with Crippen LogP contribution in [-0.2, 0) is 19.6 Å². The van der Waals surface area contributed by atoms with E-state index in [2.05, 4.69) is 9.46 Å². The summed E-state index contributed by atoms with van der Waals surface area (Å²) in [6.07, 6.45) is 1.50. The summed E-state index contributed by atoms with van der Waals surface area (Å²) >= 11 is 0. The number of benzene rings is 1. The molecule has 0 unspecified atom stereocenters. The summed E-state index contributed by atoms with van der Waals surface area (Å²) in [5.41, 5.74) is 2.53. The third-order valence-electron chi connectivity index (χ3n) is 3.20. The topological polar surface area (TPSA) is 72.5 Å². The average molecular weight is 313 g/mol. The molecule has 118 valence electrons. The highest BCUT2D eigenvalue weighted by Crippen LogP contribution is 2.21. The highest BCUT2D eigenvalue weighted by Gasteiger charge is 2.19. The number of unbranched alkanes of at least 4 members (excludes halogenated alkanes) is 1. The van der Waals surface area contributed by atoms with Crippen LogP contribution in [0.3, 0.4) is 0 Å². The fraction of sp³-hybridized carbons (Fsp3) is 0.533. The van der Waals surface area contributed by atoms with Gasteiger partial charge in [0.25, 0.3) is 0 Å². The van der Waals surface area contributed by atoms with Crippen molar-refractivity contribution < 1.29 is 17.9 Å². The molecular weight excluding hydrogens is 290 g/mol. The Morgan fingerprint density at radius 3 is 2.24 bits per heavy atom. The number of carbonyl (C=O) groups excluding carboxylic acids is 1. The number of nitrogens with one attached hydrogen (secondary N) is 1. The van der Waals surface area contributed by atoms with E-state index in [0.29, 0.717) is 30.7 Å². The van der Waals surface area contributed by atoms with E-state index in [4.69, 9.17) is 0 Å². The number of rotatable bonds is 7. The second-order valence-electron chi connectivity index (χ2n) is 5.16. The molecule has 0 fully saturated rings. The van der Waals surface area contributed by atoms with Crippen molar-refractivity contribution in [2.45, 2.75) is 44.9 Å². The first-order chi connectivity index (χ1) is 9.77. The molecule has 0 saturated carbocycles. The monoisotopic (exact) mass is 313 g/mol. The molecule has 21 heavy (non-hydrogen) atoms. The number of methoxy groups -OCH3 is 1. The van der Waals surface area contributed by atoms with E-state index < -0.39 is 10.0 Å². The van der Waals surface area contributed by atoms with Gasteiger partial charge in [0.05, 0.1) is 12.0 Å². The van der Waals surface area contributed by atoms with Crippen LogP contribution in [0.2, 0.25) is 0 Å². The minimum Gasteiger partial charge on any atom is -0.469 e. The van der Waals surface area contributed by atoms with Gasteiger partial charge < -0.3 is 4.74 Å². The van der Waals surface area contributed by atoms with Gasteiger partial charge in [0.15, 0.2) is 0 Å². The van der Waals surface area contributed by atoms with Crippen LogP contribution in [0.4, 0.5) is 0 Å². The molecule has 0 atom stereocenters. The van der Waals surface area contributed by atoms with Crippen molar-refractivity contribution in [3.05, 3.63) is 28.8 Å². The molecule has 0 saturated heterocycles. The first kappa shape index (κ1) is 17.7. The van der Waals surface area contributed by atoms with Crippen molar-refractivity contribution >= 4 is 16.0 Å². The smallest absolute Gasteiger partial charge is 0.305 e. The molecule has 1 rings (SSSR count). The van der Waals surface area contributed by atoms with E-state index in [-0.39, 0.29) is 5.97 Å². The van der Waals surface area contributed by atoms with Gasteiger partial charge in [-0.05, 0) is 44.7 Å². The highest BCUT2D eigenvalue weighted by molar-refractivity contribution is 7.89. The lowest BCUT2D eigenvalue weighted by atomic mass is 10.1. The number of hydrogen-bond acceptors (Lipinski definition) is 4. The molecule has 0 aliphatic rings. The average Bonchev–Trinajstić information content (AvgIpc) is 2.36. The molecule has 1 aromatic rings. The molecule has 6 heteroatoms. The number of ether oxygens (including phenoxy) is 1. The molecule has 0 amide bonds. The van der Waals surface area contributed by atoms with Crippen LogP contribution >= 0.6 is 0 Å². The maximum Gasteiger partial charge on any atom is 0.305 e. The third-order valence-corrected chi connectivity index (χ3v) is 4.97. The van der Waals surface area contributed by atoms with Crippen LogP contribution in [0.1, 0.15) is 36.0 Å². The molecule has 0 aliphatic heterocycles. The SMILES string of the molecule is COC(=O)CCCCNS(=O)(=O)c1c(C)cc(C)cc1C. The van der Waals surface area contributed by atoms with Crippen molar-refractivity contribution in [3.63, 3.8) is 0 Å². The zero-order valence-corrected chi connectivity index (χ0v) is 13.8. The van der Waals surface area contributed by atoms with Gasteiger partial charge in [-0.1, -0.05) is 17.7 Å². The van der Waals surface area contributed by atoms with Crippen molar-refractivity contribution in [2.75, 3.05) is 13.7 Å². The molecule has 0 bridgehead atoms. The van der Waals surface area contributed by atoms with E-state index in [9.17, 15) is 13.2 Å². The fourth-order valence-corrected chi connectivity index (χ4v) is 3.89. The Bertz CT molecular complexity index is 585. The lowest BCUT2D eigenvalue weighted by molar-refractivity contribution is -0.140. The maximum atomic E-state index is 12.3. The van der Waals surface area contributed by atoms with Gasteiger partial charge in [0, 0.05) is 13.0 Å². The second-order valence-corrected chi connectivity index (χ2v) is 6.86. The number of sulfonamides is 1. The molecule has 1 aromatic carbocycles. The van der Waals surface area contributed by atoms with E-state index in [1.165, 1.54) is 7.11 Å². The van der Waals surface area contributed by atoms with Crippen molar-refractivity contribution in [1.82, 2.24) is 4.72 Å². The number of esters is 1. The van der Waals surface area contributed by atoms with E-state index in [0.717, 1.165) is 16.7 Å². The Hall–Kier alpha value is -1.40. The zero-order chi connectivity index (χ0) is 16.0. The first-order valence-corrected chi connectivity index (χ1v) is 8.40. The number of hydrogen-bond donors (Lipinski definition) is 1. The third kappa shape index (κ3) is 5.13. The van der Waals surface area contributed by atoms with Gasteiger partial charge in [-0.15, -0.1) is 0 Å². The van der Waals surface area contributed by atoms with E-state index in [1.54, 1.807) is 13.8 Å². The Labute approximate surface area is 126 Å². The summed E-state index contributed by atoms with van der Waals surface area (Å²) in [6, 6.07) is 3.72. The summed E-state index contributed by atoms with van der Waals surface area (Å²) in [5, 5.41) is 0. The summed E-state index contributed by atoms with van der Waals surface area (Å²) in [4.78, 5) is 11.3. The van der Waals surface area contributed by atoms with Crippen LogP contribution in [0.15, 0.2) is 17.0 Å². The van der Waals surface area contributed by atoms with Crippen molar-refractivity contribution in [2.24, 2.45) is 0 Å².